The fourth-order valence-corrected chi connectivity index (χ4v) is 3.24. The Morgan fingerprint density at radius 3 is 2.41 bits per heavy atom. The summed E-state index contributed by atoms with van der Waals surface area (Å²) in [6.45, 7) is 3.43. The van der Waals surface area contributed by atoms with Gasteiger partial charge in [-0.3, -0.25) is 0 Å². The molecular weight excluding hydrogens is 428 g/mol. The highest BCUT2D eigenvalue weighted by Crippen LogP contribution is 2.29. The summed E-state index contributed by atoms with van der Waals surface area (Å²) in [5.41, 5.74) is 5.96. The standard InChI is InChI=1S/C25H27ClN2O4/c1-4-31-25-14-19(9-11-23(25)32-17-20-6-5-7-21(26)12-20)16-28-27-15-18-8-10-22(29-2)24(13-18)30-3/h5-14,16,27H,4,15,17H2,1-3H3/b28-16-. The highest BCUT2D eigenvalue weighted by atomic mass is 35.5. The van der Waals surface area contributed by atoms with Crippen LogP contribution in [0.1, 0.15) is 23.6 Å². The molecule has 0 spiro atoms. The molecule has 0 radical (unpaired) electrons. The molecule has 1 N–H and O–H groups in total. The number of nitrogens with zero attached hydrogens (tertiary/aromatic N) is 1. The lowest BCUT2D eigenvalue weighted by Crippen LogP contribution is -2.06. The molecule has 0 fully saturated rings. The van der Waals surface area contributed by atoms with Gasteiger partial charge in [-0.2, -0.15) is 5.10 Å². The third kappa shape index (κ3) is 6.56. The van der Waals surface area contributed by atoms with Crippen molar-refractivity contribution in [3.8, 4) is 23.0 Å². The van der Waals surface area contributed by atoms with E-state index in [1.54, 1.807) is 20.4 Å². The molecular formula is C25H27ClN2O4. The number of hydrogen-bond donors (Lipinski definition) is 1. The summed E-state index contributed by atoms with van der Waals surface area (Å²) in [6.07, 6.45) is 1.74. The second-order valence-corrected chi connectivity index (χ2v) is 7.28. The lowest BCUT2D eigenvalue weighted by Gasteiger charge is -2.13. The number of benzene rings is 3. The van der Waals surface area contributed by atoms with Gasteiger partial charge in [0.15, 0.2) is 23.0 Å². The van der Waals surface area contributed by atoms with Gasteiger partial charge in [-0.05, 0) is 66.1 Å². The van der Waals surface area contributed by atoms with Crippen molar-refractivity contribution in [2.75, 3.05) is 20.8 Å². The van der Waals surface area contributed by atoms with Crippen molar-refractivity contribution in [2.24, 2.45) is 5.10 Å². The van der Waals surface area contributed by atoms with Crippen molar-refractivity contribution in [2.45, 2.75) is 20.1 Å². The maximum atomic E-state index is 6.04. The molecule has 6 nitrogen and oxygen atoms in total. The Labute approximate surface area is 193 Å². The third-order valence-electron chi connectivity index (χ3n) is 4.59. The quantitative estimate of drug-likeness (QED) is 0.308. The van der Waals surface area contributed by atoms with Crippen molar-refractivity contribution in [1.29, 1.82) is 0 Å². The molecule has 0 aliphatic carbocycles. The molecule has 3 aromatic rings. The fraction of sp³-hybridized carbons (Fsp3) is 0.240. The molecule has 0 unspecified atom stereocenters. The Kier molecular flexibility index (Phi) is 8.63. The lowest BCUT2D eigenvalue weighted by molar-refractivity contribution is 0.269. The van der Waals surface area contributed by atoms with Gasteiger partial charge < -0.3 is 24.4 Å². The zero-order valence-corrected chi connectivity index (χ0v) is 19.2. The van der Waals surface area contributed by atoms with E-state index in [0.717, 1.165) is 16.7 Å². The number of rotatable bonds is 11. The maximum Gasteiger partial charge on any atom is 0.161 e. The van der Waals surface area contributed by atoms with Gasteiger partial charge in [-0.25, -0.2) is 0 Å². The molecule has 3 rings (SSSR count). The van der Waals surface area contributed by atoms with E-state index in [-0.39, 0.29) is 0 Å². The number of nitrogens with one attached hydrogen (secondary N) is 1. The van der Waals surface area contributed by atoms with Crippen molar-refractivity contribution in [3.63, 3.8) is 0 Å². The summed E-state index contributed by atoms with van der Waals surface area (Å²) >= 11 is 6.04. The summed E-state index contributed by atoms with van der Waals surface area (Å²) in [4.78, 5) is 0. The first kappa shape index (κ1) is 23.3. The van der Waals surface area contributed by atoms with Crippen molar-refractivity contribution in [3.05, 3.63) is 82.4 Å². The molecule has 0 aliphatic heterocycles. The molecule has 0 aliphatic rings. The summed E-state index contributed by atoms with van der Waals surface area (Å²) < 4.78 is 22.3. The predicted molar refractivity (Wildman–Crippen MR) is 127 cm³/mol. The van der Waals surface area contributed by atoms with Gasteiger partial charge in [0, 0.05) is 5.02 Å². The smallest absolute Gasteiger partial charge is 0.161 e. The average Bonchev–Trinajstić information content (AvgIpc) is 2.81. The Morgan fingerprint density at radius 2 is 1.66 bits per heavy atom. The fourth-order valence-electron chi connectivity index (χ4n) is 3.03. The van der Waals surface area contributed by atoms with Crippen LogP contribution in [0.4, 0.5) is 0 Å². The van der Waals surface area contributed by atoms with E-state index in [4.69, 9.17) is 30.5 Å². The Morgan fingerprint density at radius 1 is 0.844 bits per heavy atom. The first-order valence-electron chi connectivity index (χ1n) is 10.2. The van der Waals surface area contributed by atoms with Crippen LogP contribution in [0.25, 0.3) is 0 Å². The minimum Gasteiger partial charge on any atom is -0.493 e. The van der Waals surface area contributed by atoms with E-state index in [2.05, 4.69) is 10.5 Å². The van der Waals surface area contributed by atoms with E-state index in [9.17, 15) is 0 Å². The molecule has 0 saturated carbocycles. The van der Waals surface area contributed by atoms with Crippen LogP contribution in [0.5, 0.6) is 23.0 Å². The van der Waals surface area contributed by atoms with Gasteiger partial charge >= 0.3 is 0 Å². The third-order valence-corrected chi connectivity index (χ3v) is 4.82. The number of hydrazone groups is 1. The highest BCUT2D eigenvalue weighted by Gasteiger charge is 2.07. The molecule has 0 aromatic heterocycles. The van der Waals surface area contributed by atoms with E-state index < -0.39 is 0 Å². The minimum absolute atomic E-state index is 0.404. The van der Waals surface area contributed by atoms with Gasteiger partial charge in [0.2, 0.25) is 0 Å². The SMILES string of the molecule is CCOc1cc(/C=N\NCc2ccc(OC)c(OC)c2)ccc1OCc1cccc(Cl)c1. The summed E-state index contributed by atoms with van der Waals surface area (Å²) in [5, 5.41) is 4.99. The van der Waals surface area contributed by atoms with Crippen LogP contribution in [0.3, 0.4) is 0 Å². The van der Waals surface area contributed by atoms with E-state index in [1.165, 1.54) is 0 Å². The topological polar surface area (TPSA) is 61.3 Å². The minimum atomic E-state index is 0.404. The predicted octanol–water partition coefficient (Wildman–Crippen LogP) is 5.46. The van der Waals surface area contributed by atoms with Gasteiger partial charge in [0.05, 0.1) is 33.6 Å². The average molecular weight is 455 g/mol. The van der Waals surface area contributed by atoms with Crippen LogP contribution in [0, 0.1) is 0 Å². The van der Waals surface area contributed by atoms with Crippen LogP contribution in [0.2, 0.25) is 5.02 Å². The van der Waals surface area contributed by atoms with Gasteiger partial charge in [-0.1, -0.05) is 29.8 Å². The van der Waals surface area contributed by atoms with Crippen LogP contribution in [-0.4, -0.2) is 27.0 Å². The van der Waals surface area contributed by atoms with Crippen molar-refractivity contribution in [1.82, 2.24) is 5.43 Å². The molecule has 32 heavy (non-hydrogen) atoms. The van der Waals surface area contributed by atoms with Gasteiger partial charge in [-0.15, -0.1) is 0 Å². The molecule has 0 bridgehead atoms. The normalized spacial score (nSPS) is 10.8. The Bertz CT molecular complexity index is 1060. The summed E-state index contributed by atoms with van der Waals surface area (Å²) in [6, 6.07) is 19.0. The monoisotopic (exact) mass is 454 g/mol. The van der Waals surface area contributed by atoms with Crippen LogP contribution >= 0.6 is 11.6 Å². The lowest BCUT2D eigenvalue weighted by atomic mass is 10.2. The molecule has 168 valence electrons. The maximum absolute atomic E-state index is 6.04. The molecule has 7 heteroatoms. The van der Waals surface area contributed by atoms with E-state index in [0.29, 0.717) is 47.8 Å². The van der Waals surface area contributed by atoms with E-state index >= 15 is 0 Å². The zero-order chi connectivity index (χ0) is 22.8. The zero-order valence-electron chi connectivity index (χ0n) is 18.4. The second kappa shape index (κ2) is 11.9. The van der Waals surface area contributed by atoms with Crippen LogP contribution in [0.15, 0.2) is 65.8 Å². The molecule has 0 heterocycles. The Hall–Kier alpha value is -3.38. The van der Waals surface area contributed by atoms with Crippen molar-refractivity contribution >= 4 is 17.8 Å². The number of halogens is 1. The molecule has 0 atom stereocenters. The van der Waals surface area contributed by atoms with Crippen LogP contribution in [-0.2, 0) is 13.2 Å². The second-order valence-electron chi connectivity index (χ2n) is 6.84. The molecule has 0 saturated heterocycles. The molecule has 0 amide bonds. The van der Waals surface area contributed by atoms with Crippen LogP contribution < -0.4 is 24.4 Å². The molecule has 3 aromatic carbocycles. The Balaban J connectivity index is 1.61. The van der Waals surface area contributed by atoms with Gasteiger partial charge in [0.25, 0.3) is 0 Å². The highest BCUT2D eigenvalue weighted by molar-refractivity contribution is 6.30. The van der Waals surface area contributed by atoms with E-state index in [1.807, 2.05) is 67.6 Å². The first-order chi connectivity index (χ1) is 15.6. The number of methoxy groups -OCH3 is 2. The largest absolute Gasteiger partial charge is 0.493 e. The van der Waals surface area contributed by atoms with Crippen molar-refractivity contribution < 1.29 is 18.9 Å². The summed E-state index contributed by atoms with van der Waals surface area (Å²) in [5.74, 6) is 2.71. The van der Waals surface area contributed by atoms with Gasteiger partial charge in [0.1, 0.15) is 6.61 Å². The summed E-state index contributed by atoms with van der Waals surface area (Å²) in [7, 11) is 3.23. The first-order valence-corrected chi connectivity index (χ1v) is 10.6. The number of ether oxygens (including phenoxy) is 4. The number of hydrogen-bond acceptors (Lipinski definition) is 6.